The molecule has 0 atom stereocenters. The first-order valence-electron chi connectivity index (χ1n) is 6.42. The van der Waals surface area contributed by atoms with Gasteiger partial charge in [-0.15, -0.1) is 0 Å². The number of nitrogens with zero attached hydrogens (tertiary/aromatic N) is 1. The molecular formula is C18H14FNO. The first kappa shape index (κ1) is 14.5. The zero-order valence-electron chi connectivity index (χ0n) is 11.6. The Morgan fingerprint density at radius 3 is 2.52 bits per heavy atom. The normalized spacial score (nSPS) is 11.4. The van der Waals surface area contributed by atoms with E-state index in [2.05, 4.69) is 6.07 Å². The molecule has 0 bridgehead atoms. The van der Waals surface area contributed by atoms with Gasteiger partial charge in [-0.2, -0.15) is 5.26 Å². The summed E-state index contributed by atoms with van der Waals surface area (Å²) in [6.45, 7) is 0. The molecule has 2 aromatic carbocycles. The Morgan fingerprint density at radius 1 is 1.14 bits per heavy atom. The Labute approximate surface area is 123 Å². The van der Waals surface area contributed by atoms with E-state index in [4.69, 9.17) is 4.74 Å². The summed E-state index contributed by atoms with van der Waals surface area (Å²) < 4.78 is 18.1. The number of nitriles is 1. The van der Waals surface area contributed by atoms with Crippen LogP contribution >= 0.6 is 0 Å². The van der Waals surface area contributed by atoms with E-state index in [0.717, 1.165) is 11.3 Å². The van der Waals surface area contributed by atoms with E-state index in [9.17, 15) is 9.65 Å². The fourth-order valence-electron chi connectivity index (χ4n) is 1.88. The van der Waals surface area contributed by atoms with Crippen molar-refractivity contribution in [3.05, 3.63) is 77.6 Å². The molecule has 0 fully saturated rings. The third-order valence-corrected chi connectivity index (χ3v) is 2.95. The Kier molecular flexibility index (Phi) is 4.89. The van der Waals surface area contributed by atoms with Crippen molar-refractivity contribution in [2.75, 3.05) is 7.11 Å². The minimum Gasteiger partial charge on any atom is -0.496 e. The highest BCUT2D eigenvalue weighted by Crippen LogP contribution is 2.19. The molecule has 2 aromatic rings. The molecule has 3 heteroatoms. The van der Waals surface area contributed by atoms with Crippen LogP contribution in [-0.2, 0) is 0 Å². The van der Waals surface area contributed by atoms with Gasteiger partial charge in [0.05, 0.1) is 18.8 Å². The van der Waals surface area contributed by atoms with E-state index >= 15 is 0 Å². The number of ether oxygens (including phenoxy) is 1. The van der Waals surface area contributed by atoms with Crippen LogP contribution in [0, 0.1) is 17.1 Å². The van der Waals surface area contributed by atoms with Crippen LogP contribution in [0.1, 0.15) is 11.1 Å². The van der Waals surface area contributed by atoms with Crippen molar-refractivity contribution >= 4 is 11.6 Å². The maximum absolute atomic E-state index is 12.9. The number of para-hydroxylation sites is 1. The van der Waals surface area contributed by atoms with Crippen LogP contribution in [0.2, 0.25) is 0 Å². The lowest BCUT2D eigenvalue weighted by Crippen LogP contribution is -1.85. The summed E-state index contributed by atoms with van der Waals surface area (Å²) in [4.78, 5) is 0. The molecule has 0 amide bonds. The number of methoxy groups -OCH3 is 1. The summed E-state index contributed by atoms with van der Waals surface area (Å²) >= 11 is 0. The molecule has 0 saturated carbocycles. The van der Waals surface area contributed by atoms with E-state index in [1.807, 2.05) is 30.3 Å². The number of hydrogen-bond acceptors (Lipinski definition) is 2. The first-order chi connectivity index (χ1) is 10.2. The lowest BCUT2D eigenvalue weighted by atomic mass is 10.1. The molecular weight excluding hydrogens is 265 g/mol. The van der Waals surface area contributed by atoms with Crippen LogP contribution in [0.25, 0.3) is 11.6 Å². The van der Waals surface area contributed by atoms with Crippen molar-refractivity contribution in [2.24, 2.45) is 0 Å². The lowest BCUT2D eigenvalue weighted by molar-refractivity contribution is 0.414. The van der Waals surface area contributed by atoms with Crippen molar-refractivity contribution in [3.8, 4) is 11.8 Å². The average molecular weight is 279 g/mol. The van der Waals surface area contributed by atoms with Crippen LogP contribution in [0.5, 0.6) is 5.75 Å². The van der Waals surface area contributed by atoms with Gasteiger partial charge in [0.15, 0.2) is 0 Å². The molecule has 0 aliphatic carbocycles. The van der Waals surface area contributed by atoms with Gasteiger partial charge in [0, 0.05) is 5.56 Å². The number of rotatable bonds is 4. The van der Waals surface area contributed by atoms with Crippen molar-refractivity contribution in [2.45, 2.75) is 0 Å². The second kappa shape index (κ2) is 7.06. The highest BCUT2D eigenvalue weighted by Gasteiger charge is 2.00. The monoisotopic (exact) mass is 279 g/mol. The quantitative estimate of drug-likeness (QED) is 0.611. The molecule has 0 spiro atoms. The first-order valence-corrected chi connectivity index (χ1v) is 6.42. The molecule has 0 aromatic heterocycles. The Hall–Kier alpha value is -2.86. The standard InChI is InChI=1S/C18H14FNO/c1-21-18-8-3-2-5-15(18)6-4-7-16(13-20)14-9-11-17(19)12-10-14/h2-12H,1H3/b6-4+,16-7-. The third kappa shape index (κ3) is 3.80. The highest BCUT2D eigenvalue weighted by atomic mass is 19.1. The Morgan fingerprint density at radius 2 is 1.86 bits per heavy atom. The van der Waals surface area contributed by atoms with Gasteiger partial charge in [-0.25, -0.2) is 4.39 Å². The number of allylic oxidation sites excluding steroid dienone is 3. The predicted octanol–water partition coefficient (Wildman–Crippen LogP) is 4.45. The molecule has 0 radical (unpaired) electrons. The second-order valence-electron chi connectivity index (χ2n) is 4.30. The minimum atomic E-state index is -0.319. The summed E-state index contributed by atoms with van der Waals surface area (Å²) in [5, 5.41) is 9.18. The highest BCUT2D eigenvalue weighted by molar-refractivity contribution is 5.78. The van der Waals surface area contributed by atoms with Crippen molar-refractivity contribution in [1.29, 1.82) is 5.26 Å². The SMILES string of the molecule is COc1ccccc1/C=C/C=C(/C#N)c1ccc(F)cc1. The van der Waals surface area contributed by atoms with E-state index < -0.39 is 0 Å². The molecule has 2 nitrogen and oxygen atoms in total. The van der Waals surface area contributed by atoms with Gasteiger partial charge < -0.3 is 4.74 Å². The van der Waals surface area contributed by atoms with E-state index in [0.29, 0.717) is 11.1 Å². The predicted molar refractivity (Wildman–Crippen MR) is 82.0 cm³/mol. The summed E-state index contributed by atoms with van der Waals surface area (Å²) in [5.41, 5.74) is 2.08. The molecule has 21 heavy (non-hydrogen) atoms. The molecule has 0 unspecified atom stereocenters. The number of hydrogen-bond donors (Lipinski definition) is 0. The second-order valence-corrected chi connectivity index (χ2v) is 4.30. The van der Waals surface area contributed by atoms with Crippen LogP contribution in [0.4, 0.5) is 4.39 Å². The Balaban J connectivity index is 2.24. The Bertz CT molecular complexity index is 709. The van der Waals surface area contributed by atoms with Gasteiger partial charge in [0.25, 0.3) is 0 Å². The molecule has 2 rings (SSSR count). The van der Waals surface area contributed by atoms with Gasteiger partial charge in [-0.3, -0.25) is 0 Å². The molecule has 0 N–H and O–H groups in total. The van der Waals surface area contributed by atoms with Crippen molar-refractivity contribution in [1.82, 2.24) is 0 Å². The third-order valence-electron chi connectivity index (χ3n) is 2.95. The fraction of sp³-hybridized carbons (Fsp3) is 0.0556. The minimum absolute atomic E-state index is 0.319. The van der Waals surface area contributed by atoms with Crippen molar-refractivity contribution < 1.29 is 9.13 Å². The average Bonchev–Trinajstić information content (AvgIpc) is 2.53. The summed E-state index contributed by atoms with van der Waals surface area (Å²) in [5.74, 6) is 0.447. The van der Waals surface area contributed by atoms with Gasteiger partial charge in [-0.05, 0) is 29.8 Å². The maximum atomic E-state index is 12.9. The maximum Gasteiger partial charge on any atom is 0.126 e. The molecule has 104 valence electrons. The van der Waals surface area contributed by atoms with E-state index in [-0.39, 0.29) is 5.82 Å². The molecule has 0 heterocycles. The van der Waals surface area contributed by atoms with Crippen LogP contribution in [-0.4, -0.2) is 7.11 Å². The lowest BCUT2D eigenvalue weighted by Gasteiger charge is -2.02. The van der Waals surface area contributed by atoms with Crippen LogP contribution < -0.4 is 4.74 Å². The summed E-state index contributed by atoms with van der Waals surface area (Å²) in [6.07, 6.45) is 5.33. The largest absolute Gasteiger partial charge is 0.496 e. The van der Waals surface area contributed by atoms with Crippen LogP contribution in [0.3, 0.4) is 0 Å². The molecule has 0 saturated heterocycles. The topological polar surface area (TPSA) is 33.0 Å². The van der Waals surface area contributed by atoms with Crippen LogP contribution in [0.15, 0.2) is 60.7 Å². The summed E-state index contributed by atoms with van der Waals surface area (Å²) in [7, 11) is 1.61. The molecule has 0 aliphatic rings. The number of benzene rings is 2. The molecule has 0 aliphatic heterocycles. The van der Waals surface area contributed by atoms with E-state index in [1.165, 1.54) is 12.1 Å². The summed E-state index contributed by atoms with van der Waals surface area (Å²) in [6, 6.07) is 15.6. The van der Waals surface area contributed by atoms with Gasteiger partial charge in [0.1, 0.15) is 11.6 Å². The van der Waals surface area contributed by atoms with Crippen molar-refractivity contribution in [3.63, 3.8) is 0 Å². The number of halogens is 1. The zero-order chi connectivity index (χ0) is 15.1. The van der Waals surface area contributed by atoms with Gasteiger partial charge >= 0.3 is 0 Å². The van der Waals surface area contributed by atoms with Gasteiger partial charge in [0.2, 0.25) is 0 Å². The fourth-order valence-corrected chi connectivity index (χ4v) is 1.88. The van der Waals surface area contributed by atoms with E-state index in [1.54, 1.807) is 31.4 Å². The van der Waals surface area contributed by atoms with Gasteiger partial charge in [-0.1, -0.05) is 42.5 Å². The smallest absolute Gasteiger partial charge is 0.126 e. The zero-order valence-corrected chi connectivity index (χ0v) is 11.6.